The van der Waals surface area contributed by atoms with E-state index < -0.39 is 5.91 Å². The Morgan fingerprint density at radius 1 is 1.17 bits per heavy atom. The minimum absolute atomic E-state index is 0.0140. The molecule has 0 atom stereocenters. The molecule has 2 rings (SSSR count). The maximum absolute atomic E-state index is 12.2. The van der Waals surface area contributed by atoms with Gasteiger partial charge < -0.3 is 10.6 Å². The predicted octanol–water partition coefficient (Wildman–Crippen LogP) is 4.41. The van der Waals surface area contributed by atoms with Crippen LogP contribution in [0.4, 0.5) is 11.4 Å². The third kappa shape index (κ3) is 4.60. The van der Waals surface area contributed by atoms with Gasteiger partial charge in [0.1, 0.15) is 11.6 Å². The number of anilines is 2. The first-order chi connectivity index (χ1) is 11.0. The van der Waals surface area contributed by atoms with Crippen molar-refractivity contribution in [1.29, 1.82) is 5.26 Å². The largest absolute Gasteiger partial charge is 0.360 e. The molecule has 0 radical (unpaired) electrons. The number of hydrogen-bond donors (Lipinski definition) is 2. The summed E-state index contributed by atoms with van der Waals surface area (Å²) in [6, 6.07) is 14.6. The van der Waals surface area contributed by atoms with Crippen LogP contribution in [-0.4, -0.2) is 5.91 Å². The molecule has 0 aliphatic heterocycles. The van der Waals surface area contributed by atoms with Crippen LogP contribution in [0.25, 0.3) is 0 Å². The van der Waals surface area contributed by atoms with Gasteiger partial charge in [-0.2, -0.15) is 5.26 Å². The lowest BCUT2D eigenvalue weighted by atomic mass is 10.1. The Morgan fingerprint density at radius 3 is 2.48 bits per heavy atom. The summed E-state index contributed by atoms with van der Waals surface area (Å²) in [6.45, 7) is 3.89. The second kappa shape index (κ2) is 7.48. The van der Waals surface area contributed by atoms with Crippen LogP contribution in [-0.2, 0) is 4.79 Å². The summed E-state index contributed by atoms with van der Waals surface area (Å²) in [4.78, 5) is 12.2. The molecular formula is C18H16ClN3O. The Morgan fingerprint density at radius 2 is 1.87 bits per heavy atom. The van der Waals surface area contributed by atoms with Gasteiger partial charge in [0.2, 0.25) is 0 Å². The highest BCUT2D eigenvalue weighted by Gasteiger charge is 2.10. The average molecular weight is 326 g/mol. The number of amides is 1. The third-order valence-corrected chi connectivity index (χ3v) is 3.47. The number of hydrogen-bond acceptors (Lipinski definition) is 3. The summed E-state index contributed by atoms with van der Waals surface area (Å²) < 4.78 is 0. The zero-order valence-electron chi connectivity index (χ0n) is 12.9. The fourth-order valence-electron chi connectivity index (χ4n) is 1.99. The van der Waals surface area contributed by atoms with Gasteiger partial charge in [-0.3, -0.25) is 4.79 Å². The van der Waals surface area contributed by atoms with Crippen LogP contribution < -0.4 is 10.6 Å². The van der Waals surface area contributed by atoms with Gasteiger partial charge >= 0.3 is 0 Å². The van der Waals surface area contributed by atoms with E-state index in [-0.39, 0.29) is 5.57 Å². The molecule has 5 heteroatoms. The zero-order chi connectivity index (χ0) is 16.8. The highest BCUT2D eigenvalue weighted by atomic mass is 35.5. The average Bonchev–Trinajstić information content (AvgIpc) is 2.52. The van der Waals surface area contributed by atoms with E-state index in [1.807, 2.05) is 38.1 Å². The first kappa shape index (κ1) is 16.6. The number of rotatable bonds is 4. The summed E-state index contributed by atoms with van der Waals surface area (Å²) >= 11 is 5.81. The maximum atomic E-state index is 12.2. The smallest absolute Gasteiger partial charge is 0.267 e. The van der Waals surface area contributed by atoms with E-state index in [9.17, 15) is 4.79 Å². The molecule has 0 aliphatic carbocycles. The third-order valence-electron chi connectivity index (χ3n) is 3.22. The number of nitrogens with zero attached hydrogens (tertiary/aromatic N) is 1. The molecule has 1 amide bonds. The molecule has 0 aromatic heterocycles. The van der Waals surface area contributed by atoms with Crippen LogP contribution in [0.3, 0.4) is 0 Å². The lowest BCUT2D eigenvalue weighted by Crippen LogP contribution is -2.15. The molecule has 0 unspecified atom stereocenters. The van der Waals surface area contributed by atoms with Crippen molar-refractivity contribution >= 4 is 28.9 Å². The Balaban J connectivity index is 2.10. The summed E-state index contributed by atoms with van der Waals surface area (Å²) in [5.74, 6) is -0.457. The Kier molecular flexibility index (Phi) is 5.40. The summed E-state index contributed by atoms with van der Waals surface area (Å²) in [7, 11) is 0. The quantitative estimate of drug-likeness (QED) is 0.646. The van der Waals surface area contributed by atoms with E-state index in [0.717, 1.165) is 16.8 Å². The van der Waals surface area contributed by atoms with Crippen LogP contribution >= 0.6 is 11.6 Å². The number of carbonyl (C=O) groups excluding carboxylic acids is 1. The van der Waals surface area contributed by atoms with E-state index >= 15 is 0 Å². The lowest BCUT2D eigenvalue weighted by molar-refractivity contribution is -0.112. The second-order valence-electron chi connectivity index (χ2n) is 5.09. The second-order valence-corrected chi connectivity index (χ2v) is 5.53. The molecule has 23 heavy (non-hydrogen) atoms. The predicted molar refractivity (Wildman–Crippen MR) is 93.3 cm³/mol. The topological polar surface area (TPSA) is 64.9 Å². The van der Waals surface area contributed by atoms with Gasteiger partial charge in [0.25, 0.3) is 5.91 Å². The van der Waals surface area contributed by atoms with Crippen molar-refractivity contribution in [1.82, 2.24) is 0 Å². The molecule has 2 N–H and O–H groups in total. The molecule has 0 spiro atoms. The summed E-state index contributed by atoms with van der Waals surface area (Å²) in [5.41, 5.74) is 3.47. The molecular weight excluding hydrogens is 310 g/mol. The first-order valence-corrected chi connectivity index (χ1v) is 7.38. The zero-order valence-corrected chi connectivity index (χ0v) is 13.6. The minimum Gasteiger partial charge on any atom is -0.360 e. The van der Waals surface area contributed by atoms with Crippen LogP contribution in [0.15, 0.2) is 54.2 Å². The number of nitriles is 1. The van der Waals surface area contributed by atoms with Gasteiger partial charge in [-0.15, -0.1) is 0 Å². The van der Waals surface area contributed by atoms with Crippen LogP contribution in [0, 0.1) is 25.2 Å². The van der Waals surface area contributed by atoms with Crippen molar-refractivity contribution in [3.8, 4) is 6.07 Å². The maximum Gasteiger partial charge on any atom is 0.267 e. The van der Waals surface area contributed by atoms with Crippen LogP contribution in [0.2, 0.25) is 5.02 Å². The minimum atomic E-state index is -0.457. The Bertz CT molecular complexity index is 789. The summed E-state index contributed by atoms with van der Waals surface area (Å²) in [5, 5.41) is 15.4. The van der Waals surface area contributed by atoms with E-state index in [4.69, 9.17) is 16.9 Å². The number of halogens is 1. The first-order valence-electron chi connectivity index (χ1n) is 7.00. The summed E-state index contributed by atoms with van der Waals surface area (Å²) in [6.07, 6.45) is 1.38. The molecule has 0 saturated heterocycles. The van der Waals surface area contributed by atoms with Crippen LogP contribution in [0.5, 0.6) is 0 Å². The highest BCUT2D eigenvalue weighted by Crippen LogP contribution is 2.17. The normalized spacial score (nSPS) is 10.8. The van der Waals surface area contributed by atoms with Crippen LogP contribution in [0.1, 0.15) is 11.1 Å². The van der Waals surface area contributed by atoms with Crippen molar-refractivity contribution in [2.24, 2.45) is 0 Å². The highest BCUT2D eigenvalue weighted by molar-refractivity contribution is 6.30. The molecule has 0 heterocycles. The molecule has 0 fully saturated rings. The molecule has 2 aromatic carbocycles. The Labute approximate surface area is 140 Å². The van der Waals surface area contributed by atoms with Crippen molar-refractivity contribution in [3.63, 3.8) is 0 Å². The molecule has 4 nitrogen and oxygen atoms in total. The van der Waals surface area contributed by atoms with Gasteiger partial charge in [-0.05, 0) is 49.7 Å². The van der Waals surface area contributed by atoms with Crippen molar-refractivity contribution < 1.29 is 4.79 Å². The molecule has 0 aliphatic rings. The lowest BCUT2D eigenvalue weighted by Gasteiger charge is -2.09. The van der Waals surface area contributed by atoms with Crippen molar-refractivity contribution in [3.05, 3.63) is 70.4 Å². The van der Waals surface area contributed by atoms with E-state index in [0.29, 0.717) is 10.7 Å². The number of benzene rings is 2. The van der Waals surface area contributed by atoms with Gasteiger partial charge in [0.15, 0.2) is 0 Å². The van der Waals surface area contributed by atoms with Gasteiger partial charge in [-0.25, -0.2) is 0 Å². The van der Waals surface area contributed by atoms with Gasteiger partial charge in [0.05, 0.1) is 0 Å². The molecule has 0 bridgehead atoms. The van der Waals surface area contributed by atoms with Gasteiger partial charge in [0, 0.05) is 22.6 Å². The standard InChI is InChI=1S/C18H16ClN3O/c1-12-3-8-17(13(2)9-12)22-18(23)14(10-20)11-21-16-6-4-15(19)5-7-16/h3-9,11,21H,1-2H3,(H,22,23)/b14-11-. The van der Waals surface area contributed by atoms with E-state index in [2.05, 4.69) is 10.6 Å². The van der Waals surface area contributed by atoms with Gasteiger partial charge in [-0.1, -0.05) is 29.3 Å². The number of carbonyl (C=O) groups is 1. The fraction of sp³-hybridized carbons (Fsp3) is 0.111. The van der Waals surface area contributed by atoms with E-state index in [1.54, 1.807) is 24.3 Å². The van der Waals surface area contributed by atoms with Crippen molar-refractivity contribution in [2.45, 2.75) is 13.8 Å². The SMILES string of the molecule is Cc1ccc(NC(=O)/C(C#N)=C\Nc2ccc(Cl)cc2)c(C)c1. The van der Waals surface area contributed by atoms with Crippen molar-refractivity contribution in [2.75, 3.05) is 10.6 Å². The monoisotopic (exact) mass is 325 g/mol. The molecule has 116 valence electrons. The number of aryl methyl sites for hydroxylation is 2. The molecule has 0 saturated carbocycles. The molecule has 2 aromatic rings. The fourth-order valence-corrected chi connectivity index (χ4v) is 2.12. The Hall–Kier alpha value is -2.77. The van der Waals surface area contributed by atoms with E-state index in [1.165, 1.54) is 6.20 Å². The number of nitrogens with one attached hydrogen (secondary N) is 2.